The minimum absolute atomic E-state index is 0.338. The third-order valence-corrected chi connectivity index (χ3v) is 9.52. The summed E-state index contributed by atoms with van der Waals surface area (Å²) in [4.78, 5) is 16.7. The lowest BCUT2D eigenvalue weighted by Gasteiger charge is -2.39. The summed E-state index contributed by atoms with van der Waals surface area (Å²) in [7, 11) is 0.370. The molecule has 2 aromatic carbocycles. The molecular formula is C30H40BrClN8O3S. The quantitative estimate of drug-likeness (QED) is 0.257. The molecule has 44 heavy (non-hydrogen) atoms. The Bertz CT molecular complexity index is 1590. The summed E-state index contributed by atoms with van der Waals surface area (Å²) in [5.74, 6) is 1.45. The van der Waals surface area contributed by atoms with Gasteiger partial charge in [0.2, 0.25) is 16.0 Å². The van der Waals surface area contributed by atoms with Crippen molar-refractivity contribution in [3.8, 4) is 5.75 Å². The lowest BCUT2D eigenvalue weighted by atomic mass is 10.0. The summed E-state index contributed by atoms with van der Waals surface area (Å²) in [6.07, 6.45) is 6.26. The number of anilines is 6. The number of benzene rings is 2. The van der Waals surface area contributed by atoms with Gasteiger partial charge in [-0.05, 0) is 92.1 Å². The SMILES string of the molecule is COc1cc(N2CCC(N3CCCN(C)CC3)CC2)c(C)cc1Nc1ncc(Br)c(Nc2cc(Cl)ccc2NS(C)(=O)=O)n1. The van der Waals surface area contributed by atoms with Crippen LogP contribution in [0.2, 0.25) is 5.02 Å². The molecule has 3 N–H and O–H groups in total. The molecule has 0 unspecified atom stereocenters. The Balaban J connectivity index is 1.31. The van der Waals surface area contributed by atoms with Crippen LogP contribution in [-0.4, -0.2) is 93.9 Å². The molecule has 11 nitrogen and oxygen atoms in total. The lowest BCUT2D eigenvalue weighted by molar-refractivity contribution is 0.174. The second-order valence-electron chi connectivity index (χ2n) is 11.5. The molecule has 2 aliphatic rings. The third kappa shape index (κ3) is 8.25. The largest absolute Gasteiger partial charge is 0.494 e. The minimum Gasteiger partial charge on any atom is -0.494 e. The molecule has 2 aliphatic heterocycles. The fourth-order valence-electron chi connectivity index (χ4n) is 5.86. The molecule has 3 aromatic rings. The number of ether oxygens (including phenoxy) is 1. The minimum atomic E-state index is -3.51. The molecule has 0 atom stereocenters. The number of rotatable bonds is 9. The summed E-state index contributed by atoms with van der Waals surface area (Å²) in [6, 6.07) is 9.61. The number of halogens is 2. The molecule has 3 heterocycles. The van der Waals surface area contributed by atoms with Gasteiger partial charge in [0.25, 0.3) is 0 Å². The maximum Gasteiger partial charge on any atom is 0.229 e. The van der Waals surface area contributed by atoms with E-state index in [4.69, 9.17) is 16.3 Å². The predicted molar refractivity (Wildman–Crippen MR) is 183 cm³/mol. The molecule has 0 bridgehead atoms. The van der Waals surface area contributed by atoms with Crippen molar-refractivity contribution in [2.24, 2.45) is 0 Å². The van der Waals surface area contributed by atoms with E-state index < -0.39 is 10.0 Å². The second kappa shape index (κ2) is 14.1. The third-order valence-electron chi connectivity index (χ3n) is 8.11. The monoisotopic (exact) mass is 706 g/mol. The molecule has 0 saturated carbocycles. The smallest absolute Gasteiger partial charge is 0.229 e. The van der Waals surface area contributed by atoms with Crippen molar-refractivity contribution >= 4 is 72.1 Å². The standard InChI is InChI=1S/C30H40BrClN8O3S/c1-20-16-26(28(43-3)18-27(20)40-12-8-22(9-13-40)39-11-5-10-38(2)14-15-39)35-30-33-19-23(31)29(36-30)34-25-17-21(32)6-7-24(25)37-44(4,41)42/h6-7,16-19,22,37H,5,8-15H2,1-4H3,(H2,33,34,35,36). The Hall–Kier alpha value is -2.84. The normalized spacial score (nSPS) is 17.3. The first-order valence-corrected chi connectivity index (χ1v) is 17.8. The van der Waals surface area contributed by atoms with Crippen LogP contribution in [0.1, 0.15) is 24.8 Å². The van der Waals surface area contributed by atoms with E-state index in [1.54, 1.807) is 31.5 Å². The van der Waals surface area contributed by atoms with E-state index in [0.29, 0.717) is 44.4 Å². The highest BCUT2D eigenvalue weighted by Gasteiger charge is 2.27. The number of aryl methyl sites for hydroxylation is 1. The van der Waals surface area contributed by atoms with Crippen molar-refractivity contribution in [3.63, 3.8) is 0 Å². The van der Waals surface area contributed by atoms with Gasteiger partial charge in [0, 0.05) is 55.2 Å². The summed E-state index contributed by atoms with van der Waals surface area (Å²) in [5, 5.41) is 6.90. The molecule has 238 valence electrons. The van der Waals surface area contributed by atoms with Crippen LogP contribution in [0.5, 0.6) is 5.75 Å². The van der Waals surface area contributed by atoms with E-state index in [-0.39, 0.29) is 0 Å². The molecule has 0 aliphatic carbocycles. The van der Waals surface area contributed by atoms with Gasteiger partial charge in [0.1, 0.15) is 11.6 Å². The number of aromatic nitrogens is 2. The highest BCUT2D eigenvalue weighted by Crippen LogP contribution is 2.37. The molecule has 1 aromatic heterocycles. The average Bonchev–Trinajstić information content (AvgIpc) is 3.20. The van der Waals surface area contributed by atoms with Crippen LogP contribution in [0.4, 0.5) is 34.5 Å². The molecule has 14 heteroatoms. The van der Waals surface area contributed by atoms with Gasteiger partial charge in [-0.1, -0.05) is 11.6 Å². The van der Waals surface area contributed by atoms with Gasteiger partial charge in [-0.15, -0.1) is 0 Å². The van der Waals surface area contributed by atoms with E-state index in [1.807, 2.05) is 0 Å². The van der Waals surface area contributed by atoms with Crippen molar-refractivity contribution in [2.75, 3.05) is 79.9 Å². The van der Waals surface area contributed by atoms with Crippen molar-refractivity contribution in [1.82, 2.24) is 19.8 Å². The summed E-state index contributed by atoms with van der Waals surface area (Å²) in [6.45, 7) is 8.81. The van der Waals surface area contributed by atoms with Crippen molar-refractivity contribution < 1.29 is 13.2 Å². The number of nitrogens with zero attached hydrogens (tertiary/aromatic N) is 5. The van der Waals surface area contributed by atoms with Gasteiger partial charge in [0.05, 0.1) is 34.9 Å². The van der Waals surface area contributed by atoms with E-state index in [1.165, 1.54) is 25.2 Å². The number of hydrogen-bond donors (Lipinski definition) is 3. The first-order valence-electron chi connectivity index (χ1n) is 14.7. The summed E-state index contributed by atoms with van der Waals surface area (Å²) in [5.41, 5.74) is 3.83. The number of likely N-dealkylation sites (N-methyl/N-ethyl adjacent to an activating group) is 1. The Labute approximate surface area is 273 Å². The van der Waals surface area contributed by atoms with E-state index >= 15 is 0 Å². The van der Waals surface area contributed by atoms with Crippen LogP contribution < -0.4 is 25.0 Å². The maximum absolute atomic E-state index is 11.9. The van der Waals surface area contributed by atoms with Crippen LogP contribution in [0.25, 0.3) is 0 Å². The predicted octanol–water partition coefficient (Wildman–Crippen LogP) is 5.67. The Kier molecular flexibility index (Phi) is 10.4. The zero-order valence-electron chi connectivity index (χ0n) is 25.5. The van der Waals surface area contributed by atoms with E-state index in [9.17, 15) is 8.42 Å². The zero-order chi connectivity index (χ0) is 31.4. The van der Waals surface area contributed by atoms with Crippen molar-refractivity contribution in [3.05, 3.63) is 51.6 Å². The van der Waals surface area contributed by atoms with Crippen LogP contribution in [0.15, 0.2) is 41.0 Å². The first-order chi connectivity index (χ1) is 21.0. The van der Waals surface area contributed by atoms with Crippen LogP contribution >= 0.6 is 27.5 Å². The van der Waals surface area contributed by atoms with Gasteiger partial charge in [-0.3, -0.25) is 9.62 Å². The molecule has 5 rings (SSSR count). The topological polar surface area (TPSA) is 115 Å². The number of methoxy groups -OCH3 is 1. The van der Waals surface area contributed by atoms with E-state index in [0.717, 1.165) is 56.5 Å². The average molecular weight is 708 g/mol. The summed E-state index contributed by atoms with van der Waals surface area (Å²) < 4.78 is 32.7. The highest BCUT2D eigenvalue weighted by molar-refractivity contribution is 9.10. The first kappa shape index (κ1) is 32.6. The van der Waals surface area contributed by atoms with Gasteiger partial charge in [-0.25, -0.2) is 13.4 Å². The molecule has 2 fully saturated rings. The van der Waals surface area contributed by atoms with Gasteiger partial charge < -0.3 is 25.2 Å². The molecular weight excluding hydrogens is 668 g/mol. The molecule has 0 spiro atoms. The van der Waals surface area contributed by atoms with Gasteiger partial charge in [-0.2, -0.15) is 4.98 Å². The van der Waals surface area contributed by atoms with Gasteiger partial charge >= 0.3 is 0 Å². The van der Waals surface area contributed by atoms with Gasteiger partial charge in [0.15, 0.2) is 0 Å². The number of hydrogen-bond acceptors (Lipinski definition) is 10. The van der Waals surface area contributed by atoms with E-state index in [2.05, 4.69) is 82.1 Å². The molecule has 0 radical (unpaired) electrons. The van der Waals surface area contributed by atoms with Crippen LogP contribution in [0.3, 0.4) is 0 Å². The summed E-state index contributed by atoms with van der Waals surface area (Å²) >= 11 is 9.69. The fraction of sp³-hybridized carbons (Fsp3) is 0.467. The fourth-order valence-corrected chi connectivity index (χ4v) is 6.90. The molecule has 2 saturated heterocycles. The second-order valence-corrected chi connectivity index (χ2v) is 14.5. The van der Waals surface area contributed by atoms with Crippen LogP contribution in [0, 0.1) is 6.92 Å². The number of nitrogens with one attached hydrogen (secondary N) is 3. The number of piperidine rings is 1. The lowest BCUT2D eigenvalue weighted by Crippen LogP contribution is -2.46. The Morgan fingerprint density at radius 2 is 1.77 bits per heavy atom. The number of sulfonamides is 1. The Morgan fingerprint density at radius 1 is 1.00 bits per heavy atom. The highest BCUT2D eigenvalue weighted by atomic mass is 79.9. The van der Waals surface area contributed by atoms with Crippen molar-refractivity contribution in [2.45, 2.75) is 32.2 Å². The maximum atomic E-state index is 11.9. The van der Waals surface area contributed by atoms with Crippen molar-refractivity contribution in [1.29, 1.82) is 0 Å². The Morgan fingerprint density at radius 3 is 2.50 bits per heavy atom. The molecule has 0 amide bonds. The van der Waals surface area contributed by atoms with Crippen LogP contribution in [-0.2, 0) is 10.0 Å². The zero-order valence-corrected chi connectivity index (χ0v) is 28.7.